The molecule has 1 aromatic rings. The van der Waals surface area contributed by atoms with Crippen LogP contribution in [-0.2, 0) is 9.53 Å². The molecule has 0 saturated heterocycles. The lowest BCUT2D eigenvalue weighted by atomic mass is 9.98. The fraction of sp³-hybridized carbons (Fsp3) is 0.400. The molecular formula is C15H17BrO2. The topological polar surface area (TPSA) is 26.3 Å². The highest BCUT2D eigenvalue weighted by molar-refractivity contribution is 9.10. The number of rotatable bonds is 3. The quantitative estimate of drug-likeness (QED) is 0.613. The third-order valence-electron chi connectivity index (χ3n) is 3.12. The molecule has 0 spiro atoms. The van der Waals surface area contributed by atoms with Gasteiger partial charge in [-0.05, 0) is 49.5 Å². The maximum absolute atomic E-state index is 11.6. The molecule has 0 N–H and O–H groups in total. The summed E-state index contributed by atoms with van der Waals surface area (Å²) in [4.78, 5) is 11.6. The smallest absolute Gasteiger partial charge is 0.331 e. The Morgan fingerprint density at radius 3 is 2.50 bits per heavy atom. The highest BCUT2D eigenvalue weighted by Gasteiger charge is 2.16. The molecule has 2 rings (SSSR count). The minimum atomic E-state index is -0.232. The van der Waals surface area contributed by atoms with E-state index in [1.807, 2.05) is 24.3 Å². The first kappa shape index (κ1) is 13.3. The van der Waals surface area contributed by atoms with Crippen LogP contribution >= 0.6 is 15.9 Å². The Labute approximate surface area is 116 Å². The van der Waals surface area contributed by atoms with Crippen molar-refractivity contribution in [3.05, 3.63) is 40.4 Å². The molecule has 1 fully saturated rings. The van der Waals surface area contributed by atoms with Crippen molar-refractivity contribution in [3.63, 3.8) is 0 Å². The molecule has 0 atom stereocenters. The molecule has 0 radical (unpaired) electrons. The molecule has 0 heterocycles. The Hall–Kier alpha value is -1.09. The predicted octanol–water partition coefficient (Wildman–Crippen LogP) is 4.34. The van der Waals surface area contributed by atoms with E-state index in [1.165, 1.54) is 25.3 Å². The van der Waals surface area contributed by atoms with Crippen LogP contribution in [0.1, 0.15) is 37.7 Å². The normalized spacial score (nSPS) is 16.9. The van der Waals surface area contributed by atoms with Gasteiger partial charge in [0.1, 0.15) is 6.10 Å². The van der Waals surface area contributed by atoms with Crippen LogP contribution in [0.25, 0.3) is 6.08 Å². The fourth-order valence-corrected chi connectivity index (χ4v) is 2.39. The summed E-state index contributed by atoms with van der Waals surface area (Å²) >= 11 is 3.38. The minimum Gasteiger partial charge on any atom is -0.459 e. The number of hydrogen-bond acceptors (Lipinski definition) is 2. The molecule has 1 saturated carbocycles. The van der Waals surface area contributed by atoms with Crippen molar-refractivity contribution in [1.29, 1.82) is 0 Å². The van der Waals surface area contributed by atoms with Crippen LogP contribution in [0.4, 0.5) is 0 Å². The van der Waals surface area contributed by atoms with E-state index in [0.29, 0.717) is 0 Å². The molecule has 0 aromatic heterocycles. The summed E-state index contributed by atoms with van der Waals surface area (Å²) in [5.74, 6) is -0.232. The van der Waals surface area contributed by atoms with Gasteiger partial charge in [-0.3, -0.25) is 0 Å². The van der Waals surface area contributed by atoms with Crippen LogP contribution in [0.15, 0.2) is 34.8 Å². The molecule has 96 valence electrons. The van der Waals surface area contributed by atoms with E-state index >= 15 is 0 Å². The molecule has 1 aliphatic rings. The zero-order valence-corrected chi connectivity index (χ0v) is 11.9. The fourth-order valence-electron chi connectivity index (χ4n) is 2.12. The van der Waals surface area contributed by atoms with Gasteiger partial charge in [0.15, 0.2) is 0 Å². The zero-order valence-electron chi connectivity index (χ0n) is 10.3. The third kappa shape index (κ3) is 4.30. The van der Waals surface area contributed by atoms with E-state index < -0.39 is 0 Å². The number of esters is 1. The second kappa shape index (κ2) is 6.74. The van der Waals surface area contributed by atoms with Gasteiger partial charge < -0.3 is 4.74 Å². The first-order valence-electron chi connectivity index (χ1n) is 6.38. The second-order valence-electron chi connectivity index (χ2n) is 4.58. The Morgan fingerprint density at radius 1 is 1.17 bits per heavy atom. The summed E-state index contributed by atoms with van der Waals surface area (Å²) in [6.45, 7) is 0. The van der Waals surface area contributed by atoms with E-state index in [4.69, 9.17) is 4.74 Å². The van der Waals surface area contributed by atoms with E-state index in [0.717, 1.165) is 22.9 Å². The number of benzene rings is 1. The van der Waals surface area contributed by atoms with Crippen LogP contribution < -0.4 is 0 Å². The van der Waals surface area contributed by atoms with Gasteiger partial charge in [0, 0.05) is 10.5 Å². The molecule has 0 aliphatic heterocycles. The Bertz CT molecular complexity index is 417. The average Bonchev–Trinajstić information content (AvgIpc) is 2.39. The van der Waals surface area contributed by atoms with Crippen LogP contribution in [0.2, 0.25) is 0 Å². The molecule has 1 aliphatic carbocycles. The monoisotopic (exact) mass is 308 g/mol. The number of ether oxygens (including phenoxy) is 1. The molecule has 18 heavy (non-hydrogen) atoms. The SMILES string of the molecule is O=C(C=Cc1ccc(Br)cc1)OC1CCCCC1. The Kier molecular flexibility index (Phi) is 5.00. The van der Waals surface area contributed by atoms with E-state index in [9.17, 15) is 4.79 Å². The van der Waals surface area contributed by atoms with Gasteiger partial charge >= 0.3 is 5.97 Å². The second-order valence-corrected chi connectivity index (χ2v) is 5.50. The molecule has 0 amide bonds. The average molecular weight is 309 g/mol. The van der Waals surface area contributed by atoms with Crippen molar-refractivity contribution in [1.82, 2.24) is 0 Å². The largest absolute Gasteiger partial charge is 0.459 e. The predicted molar refractivity (Wildman–Crippen MR) is 76.1 cm³/mol. The van der Waals surface area contributed by atoms with Crippen molar-refractivity contribution in [3.8, 4) is 0 Å². The van der Waals surface area contributed by atoms with Crippen molar-refractivity contribution >= 4 is 28.0 Å². The van der Waals surface area contributed by atoms with Gasteiger partial charge in [0.25, 0.3) is 0 Å². The van der Waals surface area contributed by atoms with Gasteiger partial charge in [0.05, 0.1) is 0 Å². The van der Waals surface area contributed by atoms with Crippen molar-refractivity contribution < 1.29 is 9.53 Å². The minimum absolute atomic E-state index is 0.126. The summed E-state index contributed by atoms with van der Waals surface area (Å²) in [5, 5.41) is 0. The van der Waals surface area contributed by atoms with Crippen LogP contribution in [0.3, 0.4) is 0 Å². The third-order valence-corrected chi connectivity index (χ3v) is 3.65. The number of carbonyl (C=O) groups is 1. The van der Waals surface area contributed by atoms with Crippen molar-refractivity contribution in [2.45, 2.75) is 38.2 Å². The molecular weight excluding hydrogens is 292 g/mol. The lowest BCUT2D eigenvalue weighted by Crippen LogP contribution is -2.19. The summed E-state index contributed by atoms with van der Waals surface area (Å²) in [7, 11) is 0. The lowest BCUT2D eigenvalue weighted by Gasteiger charge is -2.20. The summed E-state index contributed by atoms with van der Waals surface area (Å²) in [6, 6.07) is 7.81. The Morgan fingerprint density at radius 2 is 1.83 bits per heavy atom. The summed E-state index contributed by atoms with van der Waals surface area (Å²) in [6.07, 6.45) is 9.07. The van der Waals surface area contributed by atoms with Gasteiger partial charge in [-0.15, -0.1) is 0 Å². The number of hydrogen-bond donors (Lipinski definition) is 0. The highest BCUT2D eigenvalue weighted by Crippen LogP contribution is 2.20. The van der Waals surface area contributed by atoms with Gasteiger partial charge in [-0.1, -0.05) is 34.5 Å². The first-order valence-corrected chi connectivity index (χ1v) is 7.17. The van der Waals surface area contributed by atoms with E-state index in [2.05, 4.69) is 15.9 Å². The van der Waals surface area contributed by atoms with Crippen molar-refractivity contribution in [2.75, 3.05) is 0 Å². The summed E-state index contributed by atoms with van der Waals surface area (Å²) < 4.78 is 6.43. The van der Waals surface area contributed by atoms with Gasteiger partial charge in [-0.2, -0.15) is 0 Å². The molecule has 1 aromatic carbocycles. The maximum atomic E-state index is 11.6. The number of halogens is 1. The maximum Gasteiger partial charge on any atom is 0.331 e. The molecule has 0 bridgehead atoms. The molecule has 0 unspecified atom stereocenters. The van der Waals surface area contributed by atoms with Gasteiger partial charge in [-0.25, -0.2) is 4.79 Å². The van der Waals surface area contributed by atoms with Crippen molar-refractivity contribution in [2.24, 2.45) is 0 Å². The van der Waals surface area contributed by atoms with Crippen LogP contribution in [0.5, 0.6) is 0 Å². The Balaban J connectivity index is 1.84. The first-order chi connectivity index (χ1) is 8.74. The lowest BCUT2D eigenvalue weighted by molar-refractivity contribution is -0.144. The highest BCUT2D eigenvalue weighted by atomic mass is 79.9. The molecule has 3 heteroatoms. The van der Waals surface area contributed by atoms with E-state index in [1.54, 1.807) is 6.08 Å². The van der Waals surface area contributed by atoms with Crippen LogP contribution in [0, 0.1) is 0 Å². The van der Waals surface area contributed by atoms with Gasteiger partial charge in [0.2, 0.25) is 0 Å². The standard InChI is InChI=1S/C15H17BrO2/c16-13-9-6-12(7-10-13)8-11-15(17)18-14-4-2-1-3-5-14/h6-11,14H,1-5H2. The molecule has 2 nitrogen and oxygen atoms in total. The zero-order chi connectivity index (χ0) is 12.8. The van der Waals surface area contributed by atoms with E-state index in [-0.39, 0.29) is 12.1 Å². The summed E-state index contributed by atoms with van der Waals surface area (Å²) in [5.41, 5.74) is 0.999. The number of carbonyl (C=O) groups excluding carboxylic acids is 1. The van der Waals surface area contributed by atoms with Crippen LogP contribution in [-0.4, -0.2) is 12.1 Å².